The second-order valence-corrected chi connectivity index (χ2v) is 5.81. The van der Waals surface area contributed by atoms with Gasteiger partial charge < -0.3 is 9.80 Å². The first-order valence-electron chi connectivity index (χ1n) is 6.17. The summed E-state index contributed by atoms with van der Waals surface area (Å²) in [6, 6.07) is -0.453. The highest BCUT2D eigenvalue weighted by Crippen LogP contribution is 2.30. The summed E-state index contributed by atoms with van der Waals surface area (Å²) in [7, 11) is 0. The molecule has 2 heterocycles. The SMILES string of the molecule is O=C1C2CCCCN2C(=O)CN1CCSC(F)(F)F. The topological polar surface area (TPSA) is 40.6 Å². The van der Waals surface area contributed by atoms with Gasteiger partial charge in [0.2, 0.25) is 11.8 Å². The van der Waals surface area contributed by atoms with E-state index in [2.05, 4.69) is 0 Å². The third-order valence-electron chi connectivity index (χ3n) is 3.37. The van der Waals surface area contributed by atoms with Crippen molar-refractivity contribution in [1.29, 1.82) is 0 Å². The first-order chi connectivity index (χ1) is 8.88. The van der Waals surface area contributed by atoms with Crippen molar-refractivity contribution in [1.82, 2.24) is 9.80 Å². The van der Waals surface area contributed by atoms with Gasteiger partial charge in [-0.25, -0.2) is 0 Å². The normalized spacial score (nSPS) is 24.7. The Morgan fingerprint density at radius 2 is 2.00 bits per heavy atom. The Hall–Kier alpha value is -0.920. The number of halogens is 3. The summed E-state index contributed by atoms with van der Waals surface area (Å²) in [5, 5.41) is 0. The molecule has 1 unspecified atom stereocenters. The molecular weight excluding hydrogens is 281 g/mol. The van der Waals surface area contributed by atoms with Crippen molar-refractivity contribution in [2.75, 3.05) is 25.4 Å². The highest BCUT2D eigenvalue weighted by atomic mass is 32.2. The van der Waals surface area contributed by atoms with Gasteiger partial charge in [0.1, 0.15) is 6.04 Å². The molecule has 0 aromatic rings. The zero-order chi connectivity index (χ0) is 14.0. The van der Waals surface area contributed by atoms with E-state index >= 15 is 0 Å². The van der Waals surface area contributed by atoms with Crippen LogP contribution < -0.4 is 0 Å². The fraction of sp³-hybridized carbons (Fsp3) is 0.818. The van der Waals surface area contributed by atoms with Gasteiger partial charge in [-0.2, -0.15) is 13.2 Å². The van der Waals surface area contributed by atoms with Crippen LogP contribution >= 0.6 is 11.8 Å². The van der Waals surface area contributed by atoms with Crippen LogP contribution in [0, 0.1) is 0 Å². The fourth-order valence-electron chi connectivity index (χ4n) is 2.49. The van der Waals surface area contributed by atoms with E-state index in [0.29, 0.717) is 13.0 Å². The monoisotopic (exact) mass is 296 g/mol. The van der Waals surface area contributed by atoms with E-state index < -0.39 is 11.6 Å². The Bertz CT molecular complexity index is 375. The molecule has 0 aromatic heterocycles. The number of fused-ring (bicyclic) bond motifs is 1. The molecule has 2 aliphatic heterocycles. The van der Waals surface area contributed by atoms with Crippen LogP contribution in [-0.2, 0) is 9.59 Å². The van der Waals surface area contributed by atoms with Crippen LogP contribution in [0.3, 0.4) is 0 Å². The zero-order valence-electron chi connectivity index (χ0n) is 10.3. The lowest BCUT2D eigenvalue weighted by atomic mass is 9.98. The van der Waals surface area contributed by atoms with E-state index in [0.717, 1.165) is 12.8 Å². The maximum absolute atomic E-state index is 12.1. The quantitative estimate of drug-likeness (QED) is 0.792. The summed E-state index contributed by atoms with van der Waals surface area (Å²) in [5.74, 6) is -0.585. The number of hydrogen-bond donors (Lipinski definition) is 0. The van der Waals surface area contributed by atoms with Crippen molar-refractivity contribution in [2.24, 2.45) is 0 Å². The molecular formula is C11H15F3N2O2S. The Morgan fingerprint density at radius 1 is 1.26 bits per heavy atom. The minimum Gasteiger partial charge on any atom is -0.331 e. The molecule has 8 heteroatoms. The Labute approximate surface area is 113 Å². The minimum atomic E-state index is -4.29. The number of nitrogens with zero attached hydrogens (tertiary/aromatic N) is 2. The third kappa shape index (κ3) is 3.55. The molecule has 2 fully saturated rings. The molecule has 4 nitrogen and oxygen atoms in total. The zero-order valence-corrected chi connectivity index (χ0v) is 11.1. The van der Waals surface area contributed by atoms with Gasteiger partial charge in [0.05, 0.1) is 6.54 Å². The van der Waals surface area contributed by atoms with Gasteiger partial charge in [0, 0.05) is 18.8 Å². The maximum Gasteiger partial charge on any atom is 0.441 e. The maximum atomic E-state index is 12.1. The van der Waals surface area contributed by atoms with Crippen LogP contribution in [0.5, 0.6) is 0 Å². The summed E-state index contributed by atoms with van der Waals surface area (Å²) in [6.07, 6.45) is 2.39. The molecule has 0 N–H and O–H groups in total. The van der Waals surface area contributed by atoms with E-state index in [9.17, 15) is 22.8 Å². The first-order valence-corrected chi connectivity index (χ1v) is 7.16. The Morgan fingerprint density at radius 3 is 2.68 bits per heavy atom. The predicted molar refractivity (Wildman–Crippen MR) is 64.4 cm³/mol. The van der Waals surface area contributed by atoms with Crippen LogP contribution in [0.25, 0.3) is 0 Å². The molecule has 2 rings (SSSR count). The van der Waals surface area contributed by atoms with Gasteiger partial charge in [-0.05, 0) is 31.0 Å². The summed E-state index contributed by atoms with van der Waals surface area (Å²) in [5.41, 5.74) is -4.29. The molecule has 0 spiro atoms. The van der Waals surface area contributed by atoms with Crippen molar-refractivity contribution in [3.05, 3.63) is 0 Å². The van der Waals surface area contributed by atoms with Gasteiger partial charge in [0.25, 0.3) is 0 Å². The number of carbonyl (C=O) groups excluding carboxylic acids is 2. The number of carbonyl (C=O) groups is 2. The number of thioether (sulfide) groups is 1. The number of amides is 2. The molecule has 2 amide bonds. The number of rotatable bonds is 3. The standard InChI is InChI=1S/C11H15F3N2O2S/c12-11(13,14)19-6-5-15-7-9(17)16-4-2-1-3-8(16)10(15)18/h8H,1-7H2. The summed E-state index contributed by atoms with van der Waals surface area (Å²) >= 11 is -0.159. The average Bonchev–Trinajstić information content (AvgIpc) is 2.34. The number of hydrogen-bond acceptors (Lipinski definition) is 3. The van der Waals surface area contributed by atoms with E-state index in [1.54, 1.807) is 4.90 Å². The van der Waals surface area contributed by atoms with Crippen LogP contribution in [0.15, 0.2) is 0 Å². The van der Waals surface area contributed by atoms with Crippen LogP contribution in [0.2, 0.25) is 0 Å². The molecule has 19 heavy (non-hydrogen) atoms. The van der Waals surface area contributed by atoms with Crippen LogP contribution in [0.4, 0.5) is 13.2 Å². The number of piperazine rings is 1. The van der Waals surface area contributed by atoms with E-state index in [4.69, 9.17) is 0 Å². The third-order valence-corrected chi connectivity index (χ3v) is 4.09. The van der Waals surface area contributed by atoms with Crippen LogP contribution in [0.1, 0.15) is 19.3 Å². The van der Waals surface area contributed by atoms with Crippen molar-refractivity contribution in [2.45, 2.75) is 30.8 Å². The fourth-order valence-corrected chi connectivity index (χ4v) is 3.03. The highest BCUT2D eigenvalue weighted by Gasteiger charge is 2.40. The van der Waals surface area contributed by atoms with Gasteiger partial charge in [-0.3, -0.25) is 9.59 Å². The molecule has 1 atom stereocenters. The number of piperidine rings is 1. The molecule has 0 aliphatic carbocycles. The Kier molecular flexibility index (Phi) is 4.27. The minimum absolute atomic E-state index is 0.0287. The molecule has 0 saturated carbocycles. The largest absolute Gasteiger partial charge is 0.441 e. The predicted octanol–water partition coefficient (Wildman–Crippen LogP) is 1.46. The van der Waals surface area contributed by atoms with Crippen molar-refractivity contribution >= 4 is 23.6 Å². The van der Waals surface area contributed by atoms with Crippen molar-refractivity contribution < 1.29 is 22.8 Å². The Balaban J connectivity index is 1.91. The highest BCUT2D eigenvalue weighted by molar-refractivity contribution is 8.00. The average molecular weight is 296 g/mol. The lowest BCUT2D eigenvalue weighted by Crippen LogP contribution is -2.61. The smallest absolute Gasteiger partial charge is 0.331 e. The molecule has 0 aromatic carbocycles. The summed E-state index contributed by atoms with van der Waals surface area (Å²) < 4.78 is 36.1. The second-order valence-electron chi connectivity index (χ2n) is 4.65. The van der Waals surface area contributed by atoms with Gasteiger partial charge in [-0.15, -0.1) is 0 Å². The molecule has 0 radical (unpaired) electrons. The second kappa shape index (κ2) is 5.60. The summed E-state index contributed by atoms with van der Waals surface area (Å²) in [4.78, 5) is 26.8. The number of alkyl halides is 3. The van der Waals surface area contributed by atoms with E-state index in [-0.39, 0.29) is 42.4 Å². The molecule has 2 aliphatic rings. The van der Waals surface area contributed by atoms with Crippen LogP contribution in [-0.4, -0.2) is 58.6 Å². The first kappa shape index (κ1) is 14.5. The van der Waals surface area contributed by atoms with E-state index in [1.807, 2.05) is 0 Å². The molecule has 108 valence electrons. The molecule has 2 saturated heterocycles. The molecule has 0 bridgehead atoms. The van der Waals surface area contributed by atoms with Gasteiger partial charge in [-0.1, -0.05) is 0 Å². The lowest BCUT2D eigenvalue weighted by molar-refractivity contribution is -0.157. The summed E-state index contributed by atoms with van der Waals surface area (Å²) in [6.45, 7) is 0.465. The van der Waals surface area contributed by atoms with Crippen molar-refractivity contribution in [3.63, 3.8) is 0 Å². The van der Waals surface area contributed by atoms with Gasteiger partial charge >= 0.3 is 5.51 Å². The van der Waals surface area contributed by atoms with Crippen molar-refractivity contribution in [3.8, 4) is 0 Å². The lowest BCUT2D eigenvalue weighted by Gasteiger charge is -2.42. The van der Waals surface area contributed by atoms with Gasteiger partial charge in [0.15, 0.2) is 0 Å². The van der Waals surface area contributed by atoms with E-state index in [1.165, 1.54) is 4.90 Å².